The van der Waals surface area contributed by atoms with Gasteiger partial charge >= 0.3 is 5.97 Å². The van der Waals surface area contributed by atoms with Crippen molar-refractivity contribution in [2.45, 2.75) is 13.0 Å². The molecular weight excluding hydrogens is 383 g/mol. The number of esters is 1. The normalized spacial score (nSPS) is 11.4. The lowest BCUT2D eigenvalue weighted by atomic mass is 10.2. The number of ether oxygens (including phenoxy) is 2. The number of nitro groups is 1. The Balaban J connectivity index is 1.90. The van der Waals surface area contributed by atoms with Gasteiger partial charge in [-0.15, -0.1) is 0 Å². The largest absolute Gasteiger partial charge is 0.482 e. The third-order valence-corrected chi connectivity index (χ3v) is 3.58. The van der Waals surface area contributed by atoms with Gasteiger partial charge in [-0.05, 0) is 25.1 Å². The molecule has 27 heavy (non-hydrogen) atoms. The van der Waals surface area contributed by atoms with Crippen molar-refractivity contribution in [1.29, 1.82) is 0 Å². The van der Waals surface area contributed by atoms with Crippen molar-refractivity contribution in [2.75, 3.05) is 11.9 Å². The molecule has 10 heteroatoms. The van der Waals surface area contributed by atoms with Crippen LogP contribution in [0.1, 0.15) is 6.92 Å². The van der Waals surface area contributed by atoms with Gasteiger partial charge < -0.3 is 14.8 Å². The number of amides is 1. The van der Waals surface area contributed by atoms with E-state index < -0.39 is 35.3 Å². The minimum absolute atomic E-state index is 0.00905. The van der Waals surface area contributed by atoms with Crippen molar-refractivity contribution in [3.63, 3.8) is 0 Å². The number of non-ortho nitro benzene ring substituents is 1. The Morgan fingerprint density at radius 1 is 1.30 bits per heavy atom. The van der Waals surface area contributed by atoms with Crippen molar-refractivity contribution in [3.05, 3.63) is 63.4 Å². The van der Waals surface area contributed by atoms with Crippen LogP contribution in [-0.4, -0.2) is 29.5 Å². The van der Waals surface area contributed by atoms with Gasteiger partial charge in [0.15, 0.2) is 12.7 Å². The lowest BCUT2D eigenvalue weighted by molar-refractivity contribution is -0.384. The van der Waals surface area contributed by atoms with E-state index in [1.165, 1.54) is 37.3 Å². The minimum atomic E-state index is -1.22. The topological polar surface area (TPSA) is 108 Å². The summed E-state index contributed by atoms with van der Waals surface area (Å²) >= 11 is 5.89. The average molecular weight is 397 g/mol. The van der Waals surface area contributed by atoms with Crippen LogP contribution >= 0.6 is 11.6 Å². The average Bonchev–Trinajstić information content (AvgIpc) is 2.61. The number of hydrogen-bond donors (Lipinski definition) is 1. The number of nitrogens with one attached hydrogen (secondary N) is 1. The van der Waals surface area contributed by atoms with Crippen molar-refractivity contribution in [3.8, 4) is 5.75 Å². The molecule has 1 amide bonds. The standard InChI is InChI=1S/C17H14ClFN2O6/c1-10(27-16(22)9-26-13-4-2-3-11(19)7-13)17(23)20-15-8-12(21(24)25)5-6-14(15)18/h2-8,10H,9H2,1H3,(H,20,23). The summed E-state index contributed by atoms with van der Waals surface area (Å²) in [5.74, 6) is -1.99. The molecular formula is C17H14ClFN2O6. The number of nitrogens with zero attached hydrogens (tertiary/aromatic N) is 1. The summed E-state index contributed by atoms with van der Waals surface area (Å²) in [5.41, 5.74) is -0.252. The summed E-state index contributed by atoms with van der Waals surface area (Å²) in [6.07, 6.45) is -1.22. The van der Waals surface area contributed by atoms with E-state index in [0.29, 0.717) is 0 Å². The van der Waals surface area contributed by atoms with Gasteiger partial charge in [-0.1, -0.05) is 17.7 Å². The van der Waals surface area contributed by atoms with E-state index in [-0.39, 0.29) is 22.1 Å². The summed E-state index contributed by atoms with van der Waals surface area (Å²) in [5, 5.41) is 13.2. The fourth-order valence-corrected chi connectivity index (χ4v) is 2.11. The summed E-state index contributed by atoms with van der Waals surface area (Å²) in [7, 11) is 0. The highest BCUT2D eigenvalue weighted by Crippen LogP contribution is 2.26. The molecule has 1 atom stereocenters. The monoisotopic (exact) mass is 396 g/mol. The predicted molar refractivity (Wildman–Crippen MR) is 94.2 cm³/mol. The SMILES string of the molecule is CC(OC(=O)COc1cccc(F)c1)C(=O)Nc1cc([N+](=O)[O-])ccc1Cl. The molecule has 0 bridgehead atoms. The van der Waals surface area contributed by atoms with Crippen LogP contribution in [0.25, 0.3) is 0 Å². The third-order valence-electron chi connectivity index (χ3n) is 3.25. The highest BCUT2D eigenvalue weighted by Gasteiger charge is 2.20. The highest BCUT2D eigenvalue weighted by molar-refractivity contribution is 6.33. The first-order chi connectivity index (χ1) is 12.8. The van der Waals surface area contributed by atoms with Gasteiger partial charge in [0.25, 0.3) is 11.6 Å². The maximum Gasteiger partial charge on any atom is 0.344 e. The Kier molecular flexibility index (Phi) is 6.67. The third kappa shape index (κ3) is 5.93. The maximum absolute atomic E-state index is 13.0. The second-order valence-electron chi connectivity index (χ2n) is 5.29. The molecule has 142 valence electrons. The zero-order valence-electron chi connectivity index (χ0n) is 14.0. The quantitative estimate of drug-likeness (QED) is 0.437. The first-order valence-electron chi connectivity index (χ1n) is 7.59. The van der Waals surface area contributed by atoms with Crippen molar-refractivity contribution < 1.29 is 28.4 Å². The van der Waals surface area contributed by atoms with Crippen LogP contribution in [0.15, 0.2) is 42.5 Å². The Labute approximate surface area is 158 Å². The summed E-state index contributed by atoms with van der Waals surface area (Å²) < 4.78 is 23.0. The van der Waals surface area contributed by atoms with Gasteiger partial charge in [-0.2, -0.15) is 0 Å². The van der Waals surface area contributed by atoms with E-state index in [0.717, 1.165) is 12.1 Å². The fourth-order valence-electron chi connectivity index (χ4n) is 1.94. The fraction of sp³-hybridized carbons (Fsp3) is 0.176. The van der Waals surface area contributed by atoms with Crippen LogP contribution in [0.4, 0.5) is 15.8 Å². The van der Waals surface area contributed by atoms with E-state index in [2.05, 4.69) is 5.32 Å². The van der Waals surface area contributed by atoms with Gasteiger partial charge in [0.2, 0.25) is 0 Å². The number of anilines is 1. The first-order valence-corrected chi connectivity index (χ1v) is 7.96. The molecule has 1 N–H and O–H groups in total. The second-order valence-corrected chi connectivity index (χ2v) is 5.70. The molecule has 1 unspecified atom stereocenters. The second kappa shape index (κ2) is 8.95. The summed E-state index contributed by atoms with van der Waals surface area (Å²) in [4.78, 5) is 34.0. The molecule has 0 heterocycles. The van der Waals surface area contributed by atoms with E-state index in [1.807, 2.05) is 0 Å². The van der Waals surface area contributed by atoms with Crippen molar-refractivity contribution in [1.82, 2.24) is 0 Å². The molecule has 0 aliphatic heterocycles. The molecule has 0 aliphatic carbocycles. The van der Waals surface area contributed by atoms with Crippen LogP contribution < -0.4 is 10.1 Å². The zero-order valence-corrected chi connectivity index (χ0v) is 14.7. The van der Waals surface area contributed by atoms with E-state index in [4.69, 9.17) is 21.1 Å². The number of carbonyl (C=O) groups is 2. The molecule has 2 aromatic rings. The number of benzene rings is 2. The Hall–Kier alpha value is -3.20. The van der Waals surface area contributed by atoms with Gasteiger partial charge in [-0.3, -0.25) is 14.9 Å². The molecule has 0 saturated carbocycles. The van der Waals surface area contributed by atoms with E-state index in [9.17, 15) is 24.1 Å². The molecule has 0 fully saturated rings. The van der Waals surface area contributed by atoms with Crippen molar-refractivity contribution in [2.24, 2.45) is 0 Å². The summed E-state index contributed by atoms with van der Waals surface area (Å²) in [6, 6.07) is 8.71. The Morgan fingerprint density at radius 3 is 2.70 bits per heavy atom. The van der Waals surface area contributed by atoms with Gasteiger partial charge in [-0.25, -0.2) is 9.18 Å². The van der Waals surface area contributed by atoms with Crippen molar-refractivity contribution >= 4 is 34.9 Å². The van der Waals surface area contributed by atoms with E-state index in [1.54, 1.807) is 0 Å². The Bertz CT molecular complexity index is 876. The number of nitro benzene ring substituents is 1. The van der Waals surface area contributed by atoms with Crippen LogP contribution in [0, 0.1) is 15.9 Å². The molecule has 0 aliphatic rings. The molecule has 8 nitrogen and oxygen atoms in total. The van der Waals surface area contributed by atoms with Crippen LogP contribution in [0.2, 0.25) is 5.02 Å². The van der Waals surface area contributed by atoms with Crippen LogP contribution in [-0.2, 0) is 14.3 Å². The van der Waals surface area contributed by atoms with E-state index >= 15 is 0 Å². The molecule has 0 spiro atoms. The first kappa shape index (κ1) is 20.1. The van der Waals surface area contributed by atoms with Gasteiger partial charge in [0.05, 0.1) is 15.6 Å². The summed E-state index contributed by atoms with van der Waals surface area (Å²) in [6.45, 7) is 0.777. The lowest BCUT2D eigenvalue weighted by Gasteiger charge is -2.14. The van der Waals surface area contributed by atoms with Crippen LogP contribution in [0.3, 0.4) is 0 Å². The number of rotatable bonds is 7. The Morgan fingerprint density at radius 2 is 2.04 bits per heavy atom. The molecule has 2 rings (SSSR count). The maximum atomic E-state index is 13.0. The minimum Gasteiger partial charge on any atom is -0.482 e. The van der Waals surface area contributed by atoms with Crippen LogP contribution in [0.5, 0.6) is 5.75 Å². The number of halogens is 2. The molecule has 0 aromatic heterocycles. The predicted octanol–water partition coefficient (Wildman–Crippen LogP) is 3.34. The highest BCUT2D eigenvalue weighted by atomic mass is 35.5. The van der Waals surface area contributed by atoms with Gasteiger partial charge in [0, 0.05) is 18.2 Å². The molecule has 2 aromatic carbocycles. The molecule has 0 saturated heterocycles. The van der Waals surface area contributed by atoms with Gasteiger partial charge in [0.1, 0.15) is 11.6 Å². The lowest BCUT2D eigenvalue weighted by Crippen LogP contribution is -2.31. The zero-order chi connectivity index (χ0) is 20.0. The number of hydrogen-bond acceptors (Lipinski definition) is 6. The number of carbonyl (C=O) groups excluding carboxylic acids is 2. The molecule has 0 radical (unpaired) electrons. The smallest absolute Gasteiger partial charge is 0.344 e.